The van der Waals surface area contributed by atoms with E-state index in [0.717, 1.165) is 54.5 Å². The Morgan fingerprint density at radius 3 is 2.74 bits per heavy atom. The average molecular weight is 550 g/mol. The molecule has 1 aliphatic rings. The van der Waals surface area contributed by atoms with E-state index in [1.54, 1.807) is 25.4 Å². The number of aryl methyl sites for hydroxylation is 1. The fraction of sp³-hybridized carbons (Fsp3) is 0.438. The summed E-state index contributed by atoms with van der Waals surface area (Å²) in [6.07, 6.45) is 6.32. The number of unbranched alkanes of at least 4 members (excludes halogenated alkanes) is 1. The molecule has 4 rings (SSSR count). The van der Waals surface area contributed by atoms with Crippen LogP contribution in [0.25, 0.3) is 11.1 Å². The number of hydrogen-bond donors (Lipinski definition) is 2. The highest BCUT2D eigenvalue weighted by atomic mass is 35.5. The number of methoxy groups -OCH3 is 1. The van der Waals surface area contributed by atoms with E-state index in [1.165, 1.54) is 5.56 Å². The number of carbonyl (C=O) groups is 1. The van der Waals surface area contributed by atoms with E-state index in [4.69, 9.17) is 22.1 Å². The van der Waals surface area contributed by atoms with E-state index in [1.807, 2.05) is 29.2 Å². The SMILES string of the molecule is CCc1cccc(-c2c(Cl)cccc2C(O)(CCCCOC)[C@@H]2CCCN(C(=O)c3ccc(CN)nc3)C2)c1. The van der Waals surface area contributed by atoms with Gasteiger partial charge in [-0.3, -0.25) is 9.78 Å². The Bertz CT molecular complexity index is 1250. The van der Waals surface area contributed by atoms with Crippen LogP contribution in [0, 0.1) is 5.92 Å². The fourth-order valence-corrected chi connectivity index (χ4v) is 6.01. The van der Waals surface area contributed by atoms with Gasteiger partial charge in [-0.05, 0) is 73.4 Å². The zero-order valence-electron chi connectivity index (χ0n) is 23.0. The first-order valence-electron chi connectivity index (χ1n) is 13.9. The number of nitrogens with two attached hydrogens (primary N) is 1. The molecule has 3 aromatic rings. The largest absolute Gasteiger partial charge is 0.385 e. The van der Waals surface area contributed by atoms with E-state index in [2.05, 4.69) is 30.1 Å². The van der Waals surface area contributed by atoms with Gasteiger partial charge in [0.1, 0.15) is 0 Å². The third-order valence-electron chi connectivity index (χ3n) is 7.93. The van der Waals surface area contributed by atoms with Gasteiger partial charge in [0, 0.05) is 56.1 Å². The maximum absolute atomic E-state index is 13.5. The van der Waals surface area contributed by atoms with Crippen LogP contribution >= 0.6 is 11.6 Å². The molecule has 1 unspecified atom stereocenters. The second kappa shape index (κ2) is 13.5. The van der Waals surface area contributed by atoms with Crippen molar-refractivity contribution < 1.29 is 14.6 Å². The molecule has 1 aromatic heterocycles. The Labute approximate surface area is 237 Å². The summed E-state index contributed by atoms with van der Waals surface area (Å²) in [4.78, 5) is 19.6. The lowest BCUT2D eigenvalue weighted by Gasteiger charge is -2.44. The molecule has 0 saturated carbocycles. The second-order valence-electron chi connectivity index (χ2n) is 10.4. The number of likely N-dealkylation sites (tertiary alicyclic amines) is 1. The van der Waals surface area contributed by atoms with Crippen LogP contribution in [-0.2, 0) is 23.3 Å². The predicted octanol–water partition coefficient (Wildman–Crippen LogP) is 5.98. The molecule has 208 valence electrons. The number of nitrogens with zero attached hydrogens (tertiary/aromatic N) is 2. The van der Waals surface area contributed by atoms with Crippen molar-refractivity contribution in [2.24, 2.45) is 11.7 Å². The van der Waals surface area contributed by atoms with Crippen LogP contribution in [0.2, 0.25) is 5.02 Å². The first-order valence-corrected chi connectivity index (χ1v) is 14.3. The summed E-state index contributed by atoms with van der Waals surface area (Å²) < 4.78 is 5.29. The lowest BCUT2D eigenvalue weighted by atomic mass is 9.72. The van der Waals surface area contributed by atoms with Gasteiger partial charge in [0.15, 0.2) is 0 Å². The molecule has 0 aliphatic carbocycles. The molecule has 1 saturated heterocycles. The summed E-state index contributed by atoms with van der Waals surface area (Å²) in [5, 5.41) is 13.3. The average Bonchev–Trinajstić information content (AvgIpc) is 2.98. The third kappa shape index (κ3) is 6.69. The zero-order chi connectivity index (χ0) is 27.8. The normalized spacial score (nSPS) is 17.2. The van der Waals surface area contributed by atoms with Crippen LogP contribution in [-0.4, -0.2) is 47.7 Å². The van der Waals surface area contributed by atoms with Crippen LogP contribution in [0.3, 0.4) is 0 Å². The number of hydrogen-bond acceptors (Lipinski definition) is 5. The van der Waals surface area contributed by atoms with Crippen molar-refractivity contribution in [3.63, 3.8) is 0 Å². The van der Waals surface area contributed by atoms with E-state index in [0.29, 0.717) is 43.2 Å². The molecule has 2 heterocycles. The molecule has 7 heteroatoms. The van der Waals surface area contributed by atoms with Gasteiger partial charge in [0.2, 0.25) is 0 Å². The smallest absolute Gasteiger partial charge is 0.255 e. The maximum Gasteiger partial charge on any atom is 0.255 e. The van der Waals surface area contributed by atoms with Gasteiger partial charge in [0.25, 0.3) is 5.91 Å². The number of pyridine rings is 1. The van der Waals surface area contributed by atoms with Crippen molar-refractivity contribution in [3.8, 4) is 11.1 Å². The molecular formula is C32H40ClN3O3. The Kier molecular flexibility index (Phi) is 10.1. The van der Waals surface area contributed by atoms with Gasteiger partial charge in [-0.2, -0.15) is 0 Å². The van der Waals surface area contributed by atoms with E-state index in [-0.39, 0.29) is 11.8 Å². The van der Waals surface area contributed by atoms with Gasteiger partial charge < -0.3 is 20.5 Å². The highest BCUT2D eigenvalue weighted by Gasteiger charge is 2.43. The van der Waals surface area contributed by atoms with Crippen LogP contribution < -0.4 is 5.73 Å². The molecule has 1 amide bonds. The number of carbonyl (C=O) groups excluding carboxylic acids is 1. The van der Waals surface area contributed by atoms with Crippen molar-refractivity contribution in [1.29, 1.82) is 0 Å². The molecule has 6 nitrogen and oxygen atoms in total. The fourth-order valence-electron chi connectivity index (χ4n) is 5.73. The van der Waals surface area contributed by atoms with Crippen LogP contribution in [0.1, 0.15) is 66.2 Å². The Balaban J connectivity index is 1.71. The van der Waals surface area contributed by atoms with Crippen LogP contribution in [0.4, 0.5) is 0 Å². The standard InChI is InChI=1S/C32H40ClN3O3/c1-3-23-9-6-10-24(19-23)30-28(12-7-13-29(30)33)32(38,16-4-5-18-39-2)26-11-8-17-36(22-26)31(37)25-14-15-27(20-34)35-21-25/h6-7,9-10,12-15,19,21,26,38H,3-5,8,11,16-18,20,22,34H2,1-2H3/t26-,32?/m1/s1. The molecule has 2 atom stereocenters. The van der Waals surface area contributed by atoms with Crippen molar-refractivity contribution in [2.75, 3.05) is 26.8 Å². The highest BCUT2D eigenvalue weighted by Crippen LogP contribution is 2.46. The van der Waals surface area contributed by atoms with Crippen molar-refractivity contribution in [3.05, 3.63) is 88.2 Å². The van der Waals surface area contributed by atoms with E-state index in [9.17, 15) is 9.90 Å². The van der Waals surface area contributed by atoms with Crippen molar-refractivity contribution in [1.82, 2.24) is 9.88 Å². The molecular weight excluding hydrogens is 510 g/mol. The topological polar surface area (TPSA) is 88.7 Å². The Hall–Kier alpha value is -2.77. The summed E-state index contributed by atoms with van der Waals surface area (Å²) in [6, 6.07) is 17.8. The predicted molar refractivity (Wildman–Crippen MR) is 157 cm³/mol. The number of ether oxygens (including phenoxy) is 1. The molecule has 39 heavy (non-hydrogen) atoms. The minimum absolute atomic E-state index is 0.0699. The third-order valence-corrected chi connectivity index (χ3v) is 8.24. The van der Waals surface area contributed by atoms with Crippen LogP contribution in [0.15, 0.2) is 60.8 Å². The number of benzene rings is 2. The minimum Gasteiger partial charge on any atom is -0.385 e. The number of rotatable bonds is 11. The first-order chi connectivity index (χ1) is 18.9. The maximum atomic E-state index is 13.5. The summed E-state index contributed by atoms with van der Waals surface area (Å²) in [5.74, 6) is -0.222. The summed E-state index contributed by atoms with van der Waals surface area (Å²) >= 11 is 6.86. The van der Waals surface area contributed by atoms with E-state index < -0.39 is 5.60 Å². The molecule has 0 radical (unpaired) electrons. The molecule has 2 aromatic carbocycles. The molecule has 1 aliphatic heterocycles. The van der Waals surface area contributed by atoms with Gasteiger partial charge in [0.05, 0.1) is 16.9 Å². The molecule has 0 bridgehead atoms. The van der Waals surface area contributed by atoms with Crippen LogP contribution in [0.5, 0.6) is 0 Å². The number of aliphatic hydroxyl groups is 1. The minimum atomic E-state index is -1.17. The summed E-state index contributed by atoms with van der Waals surface area (Å²) in [6.45, 7) is 4.21. The first kappa shape index (κ1) is 29.2. The van der Waals surface area contributed by atoms with Crippen molar-refractivity contribution in [2.45, 2.75) is 57.6 Å². The molecule has 1 fully saturated rings. The van der Waals surface area contributed by atoms with Gasteiger partial charge in [-0.15, -0.1) is 0 Å². The molecule has 3 N–H and O–H groups in total. The Morgan fingerprint density at radius 1 is 1.21 bits per heavy atom. The number of aromatic nitrogens is 1. The summed E-state index contributed by atoms with van der Waals surface area (Å²) in [7, 11) is 1.70. The lowest BCUT2D eigenvalue weighted by Crippen LogP contribution is -2.48. The van der Waals surface area contributed by atoms with Gasteiger partial charge in [-0.25, -0.2) is 0 Å². The Morgan fingerprint density at radius 2 is 2.03 bits per heavy atom. The highest BCUT2D eigenvalue weighted by molar-refractivity contribution is 6.33. The quantitative estimate of drug-likeness (QED) is 0.287. The second-order valence-corrected chi connectivity index (χ2v) is 10.8. The number of amides is 1. The number of halogens is 1. The monoisotopic (exact) mass is 549 g/mol. The molecule has 0 spiro atoms. The van der Waals surface area contributed by atoms with Gasteiger partial charge in [-0.1, -0.05) is 54.9 Å². The summed E-state index contributed by atoms with van der Waals surface area (Å²) in [5.41, 5.74) is 9.70. The van der Waals surface area contributed by atoms with Crippen molar-refractivity contribution >= 4 is 17.5 Å². The van der Waals surface area contributed by atoms with Gasteiger partial charge >= 0.3 is 0 Å². The van der Waals surface area contributed by atoms with E-state index >= 15 is 0 Å². The number of piperidine rings is 1. The lowest BCUT2D eigenvalue weighted by molar-refractivity contribution is -0.0574. The zero-order valence-corrected chi connectivity index (χ0v) is 23.8.